The van der Waals surface area contributed by atoms with E-state index in [4.69, 9.17) is 17.0 Å². The minimum Gasteiger partial charge on any atom is -0.495 e. The fourth-order valence-corrected chi connectivity index (χ4v) is 3.87. The molecule has 1 aliphatic rings. The molecule has 0 atom stereocenters. The summed E-state index contributed by atoms with van der Waals surface area (Å²) in [6.07, 6.45) is 3.42. The largest absolute Gasteiger partial charge is 0.495 e. The third-order valence-electron chi connectivity index (χ3n) is 4.59. The second-order valence-corrected chi connectivity index (χ2v) is 7.72. The molecule has 4 rings (SSSR count). The Kier molecular flexibility index (Phi) is 5.52. The molecule has 1 aliphatic heterocycles. The number of carbonyl (C=O) groups excluding carboxylic acids is 2. The number of para-hydroxylation sites is 2. The van der Waals surface area contributed by atoms with Gasteiger partial charge < -0.3 is 9.30 Å². The maximum atomic E-state index is 13.3. The number of carbonyl (C=O) groups is 2. The summed E-state index contributed by atoms with van der Waals surface area (Å²) in [5.41, 5.74) is 2.01. The number of anilines is 1. The Labute approximate surface area is 186 Å². The average molecular weight is 482 g/mol. The van der Waals surface area contributed by atoms with E-state index < -0.39 is 11.8 Å². The summed E-state index contributed by atoms with van der Waals surface area (Å²) < 4.78 is 8.17. The van der Waals surface area contributed by atoms with Crippen LogP contribution in [0.1, 0.15) is 5.69 Å². The van der Waals surface area contributed by atoms with Crippen LogP contribution >= 0.6 is 28.1 Å². The summed E-state index contributed by atoms with van der Waals surface area (Å²) in [6.45, 7) is 0. The van der Waals surface area contributed by atoms with Gasteiger partial charge in [0, 0.05) is 22.1 Å². The second kappa shape index (κ2) is 8.25. The summed E-state index contributed by atoms with van der Waals surface area (Å²) >= 11 is 8.73. The zero-order valence-corrected chi connectivity index (χ0v) is 18.2. The van der Waals surface area contributed by atoms with Gasteiger partial charge >= 0.3 is 0 Å². The first-order valence-corrected chi connectivity index (χ1v) is 10.2. The molecule has 2 aromatic carbocycles. The van der Waals surface area contributed by atoms with Crippen LogP contribution in [-0.2, 0) is 9.59 Å². The van der Waals surface area contributed by atoms with Gasteiger partial charge in [0.2, 0.25) is 0 Å². The van der Waals surface area contributed by atoms with Gasteiger partial charge in [-0.05, 0) is 60.8 Å². The fraction of sp³-hybridized carbons (Fsp3) is 0.0455. The molecule has 8 heteroatoms. The van der Waals surface area contributed by atoms with Crippen LogP contribution in [0.5, 0.6) is 5.75 Å². The number of nitrogens with zero attached hydrogens (tertiary/aromatic N) is 2. The Morgan fingerprint density at radius 2 is 1.87 bits per heavy atom. The van der Waals surface area contributed by atoms with Crippen molar-refractivity contribution in [2.75, 3.05) is 12.0 Å². The molecule has 2 amide bonds. The molecule has 1 aromatic heterocycles. The molecule has 0 spiro atoms. The maximum absolute atomic E-state index is 13.3. The Hall–Kier alpha value is -3.23. The molecule has 1 saturated heterocycles. The highest BCUT2D eigenvalue weighted by molar-refractivity contribution is 9.10. The number of halogens is 1. The van der Waals surface area contributed by atoms with Crippen molar-refractivity contribution < 1.29 is 14.3 Å². The minimum atomic E-state index is -0.543. The SMILES string of the molecule is COc1ccccc1N1C(=O)/C(=C/c2cccn2-c2cccc(Br)c2)C(=O)NC1=S. The predicted molar refractivity (Wildman–Crippen MR) is 123 cm³/mol. The zero-order valence-electron chi connectivity index (χ0n) is 15.8. The van der Waals surface area contributed by atoms with Gasteiger partial charge in [0.05, 0.1) is 12.8 Å². The van der Waals surface area contributed by atoms with Crippen molar-refractivity contribution in [1.29, 1.82) is 0 Å². The molecule has 1 N–H and O–H groups in total. The summed E-state index contributed by atoms with van der Waals surface area (Å²) in [5.74, 6) is -0.588. The number of hydrogen-bond acceptors (Lipinski definition) is 4. The number of benzene rings is 2. The molecule has 0 bridgehead atoms. The van der Waals surface area contributed by atoms with Gasteiger partial charge in [-0.15, -0.1) is 0 Å². The lowest BCUT2D eigenvalue weighted by atomic mass is 10.1. The standard InChI is InChI=1S/C22H16BrN3O3S/c1-29-19-10-3-2-9-18(19)26-21(28)17(20(27)24-22(26)30)13-16-8-5-11-25(16)15-7-4-6-14(23)12-15/h2-13H,1H3,(H,24,27,30)/b17-13+. The van der Waals surface area contributed by atoms with Crippen molar-refractivity contribution in [2.45, 2.75) is 0 Å². The van der Waals surface area contributed by atoms with Crippen LogP contribution in [-0.4, -0.2) is 28.6 Å². The van der Waals surface area contributed by atoms with Gasteiger partial charge in [-0.2, -0.15) is 0 Å². The van der Waals surface area contributed by atoms with Crippen LogP contribution < -0.4 is 15.0 Å². The molecule has 2 heterocycles. The van der Waals surface area contributed by atoms with Gasteiger partial charge in [-0.25, -0.2) is 4.90 Å². The van der Waals surface area contributed by atoms with Crippen molar-refractivity contribution in [3.05, 3.63) is 82.6 Å². The number of nitrogens with one attached hydrogen (secondary N) is 1. The average Bonchev–Trinajstić information content (AvgIpc) is 3.19. The normalized spacial score (nSPS) is 15.5. The molecule has 3 aromatic rings. The lowest BCUT2D eigenvalue weighted by molar-refractivity contribution is -0.122. The van der Waals surface area contributed by atoms with Crippen LogP contribution in [0.15, 0.2) is 76.9 Å². The van der Waals surface area contributed by atoms with Crippen LogP contribution in [0.3, 0.4) is 0 Å². The number of rotatable bonds is 4. The van der Waals surface area contributed by atoms with E-state index >= 15 is 0 Å². The molecule has 0 unspecified atom stereocenters. The summed E-state index contributed by atoms with van der Waals surface area (Å²) in [6, 6.07) is 18.4. The Morgan fingerprint density at radius 3 is 2.63 bits per heavy atom. The van der Waals surface area contributed by atoms with E-state index in [9.17, 15) is 9.59 Å². The molecule has 6 nitrogen and oxygen atoms in total. The minimum absolute atomic E-state index is 0.00835. The van der Waals surface area contributed by atoms with E-state index in [-0.39, 0.29) is 10.7 Å². The Balaban J connectivity index is 1.77. The molecule has 150 valence electrons. The number of methoxy groups -OCH3 is 1. The maximum Gasteiger partial charge on any atom is 0.270 e. The molecule has 0 saturated carbocycles. The number of thiocarbonyl (C=S) groups is 1. The molecular weight excluding hydrogens is 466 g/mol. The molecule has 0 radical (unpaired) electrons. The number of ether oxygens (including phenoxy) is 1. The van der Waals surface area contributed by atoms with Gasteiger partial charge in [0.1, 0.15) is 11.3 Å². The van der Waals surface area contributed by atoms with Crippen LogP contribution in [0.2, 0.25) is 0 Å². The van der Waals surface area contributed by atoms with E-state index in [1.165, 1.54) is 12.0 Å². The highest BCUT2D eigenvalue weighted by Gasteiger charge is 2.36. The predicted octanol–water partition coefficient (Wildman–Crippen LogP) is 4.08. The Bertz CT molecular complexity index is 1200. The van der Waals surface area contributed by atoms with E-state index in [2.05, 4.69) is 21.2 Å². The van der Waals surface area contributed by atoms with Crippen LogP contribution in [0, 0.1) is 0 Å². The third kappa shape index (κ3) is 3.67. The van der Waals surface area contributed by atoms with Gasteiger partial charge in [0.15, 0.2) is 5.11 Å². The Morgan fingerprint density at radius 1 is 1.07 bits per heavy atom. The number of aromatic nitrogens is 1. The molecule has 1 fully saturated rings. The van der Waals surface area contributed by atoms with Gasteiger partial charge in [0.25, 0.3) is 11.8 Å². The van der Waals surface area contributed by atoms with E-state index in [1.54, 1.807) is 30.3 Å². The van der Waals surface area contributed by atoms with E-state index in [0.717, 1.165) is 10.2 Å². The van der Waals surface area contributed by atoms with Crippen molar-refractivity contribution in [3.8, 4) is 11.4 Å². The first-order chi connectivity index (χ1) is 14.5. The van der Waals surface area contributed by atoms with Crippen LogP contribution in [0.25, 0.3) is 11.8 Å². The highest BCUT2D eigenvalue weighted by atomic mass is 79.9. The first-order valence-electron chi connectivity index (χ1n) is 8.97. The smallest absolute Gasteiger partial charge is 0.270 e. The van der Waals surface area contributed by atoms with Crippen LogP contribution in [0.4, 0.5) is 5.69 Å². The molecule has 30 heavy (non-hydrogen) atoms. The van der Waals surface area contributed by atoms with Crippen molar-refractivity contribution in [1.82, 2.24) is 9.88 Å². The lowest BCUT2D eigenvalue weighted by Crippen LogP contribution is -2.54. The molecule has 0 aliphatic carbocycles. The fourth-order valence-electron chi connectivity index (χ4n) is 3.21. The second-order valence-electron chi connectivity index (χ2n) is 6.41. The number of hydrogen-bond donors (Lipinski definition) is 1. The van der Waals surface area contributed by atoms with Gasteiger partial charge in [-0.1, -0.05) is 34.1 Å². The lowest BCUT2D eigenvalue weighted by Gasteiger charge is -2.29. The van der Waals surface area contributed by atoms with E-state index in [1.807, 2.05) is 47.2 Å². The summed E-state index contributed by atoms with van der Waals surface area (Å²) in [5, 5.41) is 2.61. The topological polar surface area (TPSA) is 63.6 Å². The first kappa shape index (κ1) is 20.1. The van der Waals surface area contributed by atoms with Gasteiger partial charge in [-0.3, -0.25) is 14.9 Å². The molecular formula is C22H16BrN3O3S. The quantitative estimate of drug-likeness (QED) is 0.346. The van der Waals surface area contributed by atoms with Crippen molar-refractivity contribution in [2.24, 2.45) is 0 Å². The number of amides is 2. The van der Waals surface area contributed by atoms with Crippen molar-refractivity contribution >= 4 is 56.8 Å². The monoisotopic (exact) mass is 481 g/mol. The van der Waals surface area contributed by atoms with Crippen molar-refractivity contribution in [3.63, 3.8) is 0 Å². The zero-order chi connectivity index (χ0) is 21.3. The highest BCUT2D eigenvalue weighted by Crippen LogP contribution is 2.31. The summed E-state index contributed by atoms with van der Waals surface area (Å²) in [4.78, 5) is 27.2. The third-order valence-corrected chi connectivity index (χ3v) is 5.36. The van der Waals surface area contributed by atoms with E-state index in [0.29, 0.717) is 17.1 Å². The summed E-state index contributed by atoms with van der Waals surface area (Å²) in [7, 11) is 1.51.